The Balaban J connectivity index is 1.67. The van der Waals surface area contributed by atoms with Gasteiger partial charge in [0.1, 0.15) is 0 Å². The van der Waals surface area contributed by atoms with E-state index in [1.165, 1.54) is 6.42 Å². The SMILES string of the molecule is O=C(c1cncc(NCc2ccccc2Cl)c1)N1CCCCC1. The number of amides is 1. The molecule has 1 aromatic heterocycles. The first-order valence-electron chi connectivity index (χ1n) is 7.95. The van der Waals surface area contributed by atoms with Gasteiger partial charge in [-0.2, -0.15) is 0 Å². The molecule has 0 aliphatic carbocycles. The van der Waals surface area contributed by atoms with Gasteiger partial charge in [0.25, 0.3) is 5.91 Å². The number of hydrogen-bond donors (Lipinski definition) is 1. The molecule has 1 aromatic carbocycles. The number of hydrogen-bond acceptors (Lipinski definition) is 3. The third-order valence-electron chi connectivity index (χ3n) is 4.07. The van der Waals surface area contributed by atoms with Gasteiger partial charge in [-0.05, 0) is 37.0 Å². The topological polar surface area (TPSA) is 45.2 Å². The maximum Gasteiger partial charge on any atom is 0.255 e. The van der Waals surface area contributed by atoms with Crippen molar-refractivity contribution in [2.45, 2.75) is 25.8 Å². The van der Waals surface area contributed by atoms with Crippen molar-refractivity contribution in [3.05, 3.63) is 58.9 Å². The van der Waals surface area contributed by atoms with Crippen molar-refractivity contribution in [1.82, 2.24) is 9.88 Å². The molecule has 1 aliphatic heterocycles. The molecule has 1 amide bonds. The van der Waals surface area contributed by atoms with E-state index in [2.05, 4.69) is 10.3 Å². The van der Waals surface area contributed by atoms with Crippen molar-refractivity contribution >= 4 is 23.2 Å². The molecule has 0 atom stereocenters. The maximum atomic E-state index is 12.5. The van der Waals surface area contributed by atoms with Crippen LogP contribution in [0.5, 0.6) is 0 Å². The summed E-state index contributed by atoms with van der Waals surface area (Å²) in [4.78, 5) is 18.6. The monoisotopic (exact) mass is 329 g/mol. The fourth-order valence-corrected chi connectivity index (χ4v) is 2.97. The second-order valence-corrected chi connectivity index (χ2v) is 6.17. The third kappa shape index (κ3) is 4.02. The standard InChI is InChI=1S/C18H20ClN3O/c19-17-7-3-2-6-14(17)12-21-16-10-15(11-20-13-16)18(23)22-8-4-1-5-9-22/h2-3,6-7,10-11,13,21H,1,4-5,8-9,12H2. The van der Waals surface area contributed by atoms with Crippen molar-refractivity contribution in [3.8, 4) is 0 Å². The average molecular weight is 330 g/mol. The molecule has 120 valence electrons. The lowest BCUT2D eigenvalue weighted by atomic mass is 10.1. The van der Waals surface area contributed by atoms with Gasteiger partial charge in [-0.25, -0.2) is 0 Å². The minimum atomic E-state index is 0.0681. The number of carbonyl (C=O) groups is 1. The van der Waals surface area contributed by atoms with Gasteiger partial charge in [-0.15, -0.1) is 0 Å². The number of anilines is 1. The molecule has 3 rings (SSSR count). The molecule has 5 heteroatoms. The zero-order valence-electron chi connectivity index (χ0n) is 13.0. The van der Waals surface area contributed by atoms with Crippen molar-refractivity contribution in [3.63, 3.8) is 0 Å². The predicted octanol–water partition coefficient (Wildman–Crippen LogP) is 3.97. The number of benzene rings is 1. The lowest BCUT2D eigenvalue weighted by Crippen LogP contribution is -2.35. The van der Waals surface area contributed by atoms with E-state index in [4.69, 9.17) is 11.6 Å². The van der Waals surface area contributed by atoms with Crippen LogP contribution < -0.4 is 5.32 Å². The summed E-state index contributed by atoms with van der Waals surface area (Å²) in [5.41, 5.74) is 2.48. The number of nitrogens with one attached hydrogen (secondary N) is 1. The Morgan fingerprint density at radius 1 is 1.17 bits per heavy atom. The van der Waals surface area contributed by atoms with Crippen LogP contribution in [0.1, 0.15) is 35.2 Å². The van der Waals surface area contributed by atoms with Crippen LogP contribution in [-0.4, -0.2) is 28.9 Å². The molecule has 1 saturated heterocycles. The Bertz CT molecular complexity index is 683. The van der Waals surface area contributed by atoms with Crippen LogP contribution in [0.15, 0.2) is 42.7 Å². The molecule has 1 N–H and O–H groups in total. The zero-order chi connectivity index (χ0) is 16.1. The quantitative estimate of drug-likeness (QED) is 0.923. The second kappa shape index (κ2) is 7.47. The summed E-state index contributed by atoms with van der Waals surface area (Å²) in [7, 11) is 0. The number of piperidine rings is 1. The van der Waals surface area contributed by atoms with Crippen LogP contribution in [0.25, 0.3) is 0 Å². The average Bonchev–Trinajstić information content (AvgIpc) is 2.61. The van der Waals surface area contributed by atoms with E-state index >= 15 is 0 Å². The minimum Gasteiger partial charge on any atom is -0.380 e. The van der Waals surface area contributed by atoms with Crippen LogP contribution in [-0.2, 0) is 6.54 Å². The number of nitrogens with zero attached hydrogens (tertiary/aromatic N) is 2. The summed E-state index contributed by atoms with van der Waals surface area (Å²) in [5.74, 6) is 0.0681. The number of aromatic nitrogens is 1. The molecule has 23 heavy (non-hydrogen) atoms. The zero-order valence-corrected chi connectivity index (χ0v) is 13.7. The van der Waals surface area contributed by atoms with E-state index in [0.29, 0.717) is 12.1 Å². The summed E-state index contributed by atoms with van der Waals surface area (Å²) in [6.07, 6.45) is 6.75. The van der Waals surface area contributed by atoms with E-state index < -0.39 is 0 Å². The van der Waals surface area contributed by atoms with Crippen molar-refractivity contribution in [2.24, 2.45) is 0 Å². The van der Waals surface area contributed by atoms with Crippen LogP contribution >= 0.6 is 11.6 Å². The van der Waals surface area contributed by atoms with Crippen molar-refractivity contribution in [1.29, 1.82) is 0 Å². The van der Waals surface area contributed by atoms with Crippen LogP contribution in [0, 0.1) is 0 Å². The summed E-state index contributed by atoms with van der Waals surface area (Å²) in [6.45, 7) is 2.29. The van der Waals surface area contributed by atoms with E-state index in [-0.39, 0.29) is 5.91 Å². The van der Waals surface area contributed by atoms with Gasteiger partial charge < -0.3 is 10.2 Å². The predicted molar refractivity (Wildman–Crippen MR) is 92.8 cm³/mol. The molecular weight excluding hydrogens is 310 g/mol. The molecule has 1 fully saturated rings. The van der Waals surface area contributed by atoms with Gasteiger partial charge in [0, 0.05) is 37.1 Å². The highest BCUT2D eigenvalue weighted by molar-refractivity contribution is 6.31. The fraction of sp³-hybridized carbons (Fsp3) is 0.333. The molecule has 0 unspecified atom stereocenters. The van der Waals surface area contributed by atoms with Gasteiger partial charge >= 0.3 is 0 Å². The highest BCUT2D eigenvalue weighted by Crippen LogP contribution is 2.18. The highest BCUT2D eigenvalue weighted by Gasteiger charge is 2.18. The third-order valence-corrected chi connectivity index (χ3v) is 4.44. The first-order valence-corrected chi connectivity index (χ1v) is 8.33. The van der Waals surface area contributed by atoms with Crippen LogP contribution in [0.2, 0.25) is 5.02 Å². The Labute approximate surface area is 141 Å². The normalized spacial score (nSPS) is 14.6. The highest BCUT2D eigenvalue weighted by atomic mass is 35.5. The summed E-state index contributed by atoms with van der Waals surface area (Å²) >= 11 is 6.16. The molecule has 0 saturated carbocycles. The fourth-order valence-electron chi connectivity index (χ4n) is 2.77. The number of carbonyl (C=O) groups excluding carboxylic acids is 1. The van der Waals surface area contributed by atoms with Gasteiger partial charge in [-0.1, -0.05) is 29.8 Å². The molecule has 0 radical (unpaired) electrons. The summed E-state index contributed by atoms with van der Waals surface area (Å²) < 4.78 is 0. The minimum absolute atomic E-state index is 0.0681. The summed E-state index contributed by atoms with van der Waals surface area (Å²) in [5, 5.41) is 4.01. The lowest BCUT2D eigenvalue weighted by molar-refractivity contribution is 0.0724. The van der Waals surface area contributed by atoms with Crippen molar-refractivity contribution < 1.29 is 4.79 Å². The molecule has 2 aromatic rings. The molecule has 0 spiro atoms. The Hall–Kier alpha value is -2.07. The number of halogens is 1. The van der Waals surface area contributed by atoms with E-state index in [0.717, 1.165) is 42.2 Å². The Morgan fingerprint density at radius 2 is 1.96 bits per heavy atom. The summed E-state index contributed by atoms with van der Waals surface area (Å²) in [6, 6.07) is 9.57. The van der Waals surface area contributed by atoms with Crippen LogP contribution in [0.4, 0.5) is 5.69 Å². The lowest BCUT2D eigenvalue weighted by Gasteiger charge is -2.26. The van der Waals surface area contributed by atoms with E-state index in [1.54, 1.807) is 12.4 Å². The Kier molecular flexibility index (Phi) is 5.13. The number of pyridine rings is 1. The van der Waals surface area contributed by atoms with Crippen molar-refractivity contribution in [2.75, 3.05) is 18.4 Å². The van der Waals surface area contributed by atoms with Gasteiger partial charge in [0.2, 0.25) is 0 Å². The molecular formula is C18H20ClN3O. The van der Waals surface area contributed by atoms with Gasteiger partial charge in [0.05, 0.1) is 11.3 Å². The number of likely N-dealkylation sites (tertiary alicyclic amines) is 1. The van der Waals surface area contributed by atoms with Crippen LogP contribution in [0.3, 0.4) is 0 Å². The molecule has 2 heterocycles. The van der Waals surface area contributed by atoms with Gasteiger partial charge in [0.15, 0.2) is 0 Å². The Morgan fingerprint density at radius 3 is 2.74 bits per heavy atom. The second-order valence-electron chi connectivity index (χ2n) is 5.76. The van der Waals surface area contributed by atoms with E-state index in [9.17, 15) is 4.79 Å². The first-order chi connectivity index (χ1) is 11.2. The molecule has 1 aliphatic rings. The maximum absolute atomic E-state index is 12.5. The molecule has 4 nitrogen and oxygen atoms in total. The molecule has 0 bridgehead atoms. The van der Waals surface area contributed by atoms with E-state index in [1.807, 2.05) is 35.2 Å². The number of rotatable bonds is 4. The smallest absolute Gasteiger partial charge is 0.255 e. The first kappa shape index (κ1) is 15.8. The van der Waals surface area contributed by atoms with Gasteiger partial charge in [-0.3, -0.25) is 9.78 Å². The largest absolute Gasteiger partial charge is 0.380 e.